The number of aromatic nitrogens is 1. The lowest BCUT2D eigenvalue weighted by molar-refractivity contribution is 0.104. The molecule has 0 aliphatic carbocycles. The van der Waals surface area contributed by atoms with Gasteiger partial charge in [0.15, 0.2) is 5.78 Å². The molecule has 0 aliphatic heterocycles. The van der Waals surface area contributed by atoms with Crippen molar-refractivity contribution in [2.24, 2.45) is 7.05 Å². The molecule has 0 bridgehead atoms. The van der Waals surface area contributed by atoms with Gasteiger partial charge in [-0.1, -0.05) is 42.5 Å². The fourth-order valence-corrected chi connectivity index (χ4v) is 3.25. The van der Waals surface area contributed by atoms with Crippen LogP contribution in [0.5, 0.6) is 0 Å². The van der Waals surface area contributed by atoms with Gasteiger partial charge in [0.2, 0.25) is 0 Å². The van der Waals surface area contributed by atoms with Gasteiger partial charge in [-0.25, -0.2) is 0 Å². The first kappa shape index (κ1) is 15.2. The number of hydrogen-bond donors (Lipinski definition) is 1. The van der Waals surface area contributed by atoms with Crippen molar-refractivity contribution in [1.82, 2.24) is 4.57 Å². The summed E-state index contributed by atoms with van der Waals surface area (Å²) >= 11 is 0. The van der Waals surface area contributed by atoms with E-state index in [1.165, 1.54) is 21.8 Å². The van der Waals surface area contributed by atoms with Crippen LogP contribution in [0, 0.1) is 0 Å². The molecule has 3 heteroatoms. The Morgan fingerprint density at radius 3 is 2.56 bits per heavy atom. The number of para-hydroxylation sites is 1. The summed E-state index contributed by atoms with van der Waals surface area (Å²) in [6, 6.07) is 21.6. The van der Waals surface area contributed by atoms with Gasteiger partial charge in [-0.3, -0.25) is 4.79 Å². The Morgan fingerprint density at radius 2 is 1.72 bits per heavy atom. The fourth-order valence-electron chi connectivity index (χ4n) is 3.25. The second kappa shape index (κ2) is 5.95. The number of allylic oxidation sites excluding steroid dienone is 1. The van der Waals surface area contributed by atoms with E-state index in [0.717, 1.165) is 5.56 Å². The Hall–Kier alpha value is -3.33. The van der Waals surface area contributed by atoms with Crippen molar-refractivity contribution in [3.8, 4) is 0 Å². The summed E-state index contributed by atoms with van der Waals surface area (Å²) in [6.45, 7) is 0. The van der Waals surface area contributed by atoms with Crippen LogP contribution >= 0.6 is 0 Å². The number of carbonyl (C=O) groups excluding carboxylic acids is 1. The molecule has 1 aromatic heterocycles. The largest absolute Gasteiger partial charge is 0.399 e. The van der Waals surface area contributed by atoms with Gasteiger partial charge in [-0.05, 0) is 42.0 Å². The lowest BCUT2D eigenvalue weighted by atomic mass is 10.1. The summed E-state index contributed by atoms with van der Waals surface area (Å²) in [5, 5.41) is 2.41. The number of benzene rings is 3. The Balaban J connectivity index is 1.72. The lowest BCUT2D eigenvalue weighted by Gasteiger charge is -1.99. The van der Waals surface area contributed by atoms with Gasteiger partial charge < -0.3 is 10.3 Å². The van der Waals surface area contributed by atoms with Crippen LogP contribution in [-0.4, -0.2) is 10.4 Å². The van der Waals surface area contributed by atoms with E-state index in [9.17, 15) is 4.79 Å². The molecule has 3 nitrogen and oxygen atoms in total. The molecule has 0 saturated heterocycles. The molecule has 4 aromatic rings. The van der Waals surface area contributed by atoms with E-state index in [-0.39, 0.29) is 5.78 Å². The van der Waals surface area contributed by atoms with Crippen molar-refractivity contribution in [2.75, 3.05) is 5.73 Å². The highest BCUT2D eigenvalue weighted by molar-refractivity contribution is 6.10. The summed E-state index contributed by atoms with van der Waals surface area (Å²) in [5.74, 6) is -0.0506. The molecule has 4 rings (SSSR count). The fraction of sp³-hybridized carbons (Fsp3) is 0.0455. The molecule has 0 saturated carbocycles. The van der Waals surface area contributed by atoms with Crippen molar-refractivity contribution >= 4 is 39.4 Å². The molecule has 0 atom stereocenters. The summed E-state index contributed by atoms with van der Waals surface area (Å²) < 4.78 is 2.19. The van der Waals surface area contributed by atoms with Gasteiger partial charge in [0.05, 0.1) is 0 Å². The van der Waals surface area contributed by atoms with Gasteiger partial charge in [0.1, 0.15) is 0 Å². The van der Waals surface area contributed by atoms with Crippen LogP contribution in [0.1, 0.15) is 15.9 Å². The van der Waals surface area contributed by atoms with Crippen molar-refractivity contribution < 1.29 is 4.79 Å². The number of aryl methyl sites for hydroxylation is 1. The van der Waals surface area contributed by atoms with E-state index in [1.54, 1.807) is 30.3 Å². The van der Waals surface area contributed by atoms with E-state index in [1.807, 2.05) is 24.3 Å². The van der Waals surface area contributed by atoms with Crippen LogP contribution < -0.4 is 5.73 Å². The normalized spacial score (nSPS) is 11.6. The monoisotopic (exact) mass is 326 g/mol. The third-order valence-electron chi connectivity index (χ3n) is 4.54. The number of rotatable bonds is 3. The van der Waals surface area contributed by atoms with Crippen molar-refractivity contribution in [3.05, 3.63) is 83.9 Å². The molecule has 0 amide bonds. The zero-order valence-electron chi connectivity index (χ0n) is 13.9. The predicted molar refractivity (Wildman–Crippen MR) is 105 cm³/mol. The van der Waals surface area contributed by atoms with E-state index in [0.29, 0.717) is 11.3 Å². The quantitative estimate of drug-likeness (QED) is 0.334. The molecule has 1 heterocycles. The lowest BCUT2D eigenvalue weighted by Crippen LogP contribution is -1.95. The molecule has 25 heavy (non-hydrogen) atoms. The number of fused-ring (bicyclic) bond motifs is 3. The average Bonchev–Trinajstić information content (AvgIpc) is 2.92. The molecule has 0 fully saturated rings. The zero-order chi connectivity index (χ0) is 17.4. The molecule has 0 spiro atoms. The second-order valence-electron chi connectivity index (χ2n) is 6.18. The maximum Gasteiger partial charge on any atom is 0.185 e. The van der Waals surface area contributed by atoms with Crippen LogP contribution in [0.15, 0.2) is 72.8 Å². The van der Waals surface area contributed by atoms with Crippen LogP contribution in [-0.2, 0) is 7.05 Å². The molecule has 0 radical (unpaired) electrons. The number of ketones is 1. The molecule has 3 aromatic carbocycles. The van der Waals surface area contributed by atoms with E-state index >= 15 is 0 Å². The molecular weight excluding hydrogens is 308 g/mol. The highest BCUT2D eigenvalue weighted by Crippen LogP contribution is 2.29. The Kier molecular flexibility index (Phi) is 3.62. The van der Waals surface area contributed by atoms with Gasteiger partial charge in [-0.2, -0.15) is 0 Å². The number of hydrogen-bond acceptors (Lipinski definition) is 2. The SMILES string of the molecule is Cn1c2ccccc2c2cc(/C=C/C(=O)c3cccc(N)c3)ccc21. The third-order valence-corrected chi connectivity index (χ3v) is 4.54. The maximum atomic E-state index is 12.3. The molecule has 2 N–H and O–H groups in total. The number of carbonyl (C=O) groups is 1. The van der Waals surface area contributed by atoms with Crippen molar-refractivity contribution in [2.45, 2.75) is 0 Å². The first-order valence-corrected chi connectivity index (χ1v) is 8.18. The average molecular weight is 326 g/mol. The summed E-state index contributed by atoms with van der Waals surface area (Å²) in [7, 11) is 2.07. The van der Waals surface area contributed by atoms with Crippen molar-refractivity contribution in [1.29, 1.82) is 0 Å². The van der Waals surface area contributed by atoms with E-state index in [4.69, 9.17) is 5.73 Å². The van der Waals surface area contributed by atoms with Gasteiger partial charge in [0.25, 0.3) is 0 Å². The second-order valence-corrected chi connectivity index (χ2v) is 6.18. The Morgan fingerprint density at radius 1 is 0.920 bits per heavy atom. The zero-order valence-corrected chi connectivity index (χ0v) is 13.9. The van der Waals surface area contributed by atoms with E-state index in [2.05, 4.69) is 35.9 Å². The minimum absolute atomic E-state index is 0.0506. The first-order chi connectivity index (χ1) is 12.1. The topological polar surface area (TPSA) is 48.0 Å². The maximum absolute atomic E-state index is 12.3. The molecule has 122 valence electrons. The third kappa shape index (κ3) is 2.70. The smallest absolute Gasteiger partial charge is 0.185 e. The summed E-state index contributed by atoms with van der Waals surface area (Å²) in [4.78, 5) is 12.3. The number of nitrogen functional groups attached to an aromatic ring is 1. The van der Waals surface area contributed by atoms with Crippen molar-refractivity contribution in [3.63, 3.8) is 0 Å². The Bertz CT molecular complexity index is 1140. The molecule has 0 aliphatic rings. The Labute approximate surface area is 146 Å². The van der Waals surface area contributed by atoms with Gasteiger partial charge >= 0.3 is 0 Å². The van der Waals surface area contributed by atoms with Crippen LogP contribution in [0.3, 0.4) is 0 Å². The summed E-state index contributed by atoms with van der Waals surface area (Å²) in [5.41, 5.74) is 10.3. The number of nitrogens with zero attached hydrogens (tertiary/aromatic N) is 1. The molecular formula is C22H18N2O. The minimum atomic E-state index is -0.0506. The minimum Gasteiger partial charge on any atom is -0.399 e. The van der Waals surface area contributed by atoms with Crippen LogP contribution in [0.2, 0.25) is 0 Å². The number of anilines is 1. The van der Waals surface area contributed by atoms with Crippen LogP contribution in [0.25, 0.3) is 27.9 Å². The standard InChI is InChI=1S/C22H18N2O/c1-24-20-8-3-2-7-18(20)19-13-15(9-11-21(19)24)10-12-22(25)16-5-4-6-17(23)14-16/h2-14H,23H2,1H3/b12-10+. The van der Waals surface area contributed by atoms with Crippen LogP contribution in [0.4, 0.5) is 5.69 Å². The summed E-state index contributed by atoms with van der Waals surface area (Å²) in [6.07, 6.45) is 3.45. The predicted octanol–water partition coefficient (Wildman–Crippen LogP) is 4.81. The molecule has 0 unspecified atom stereocenters. The highest BCUT2D eigenvalue weighted by Gasteiger charge is 2.07. The van der Waals surface area contributed by atoms with E-state index < -0.39 is 0 Å². The highest BCUT2D eigenvalue weighted by atomic mass is 16.1. The number of nitrogens with two attached hydrogens (primary N) is 1. The van der Waals surface area contributed by atoms with Gasteiger partial charge in [0, 0.05) is 40.1 Å². The van der Waals surface area contributed by atoms with Gasteiger partial charge in [-0.15, -0.1) is 0 Å². The first-order valence-electron chi connectivity index (χ1n) is 8.18.